The van der Waals surface area contributed by atoms with Gasteiger partial charge in [0.25, 0.3) is 5.69 Å². The number of carbonyl (C=O) groups excluding carboxylic acids is 1. The summed E-state index contributed by atoms with van der Waals surface area (Å²) in [5, 5.41) is 11.1. The normalized spacial score (nSPS) is 16.2. The first-order valence-electron chi connectivity index (χ1n) is 9.59. The van der Waals surface area contributed by atoms with Gasteiger partial charge in [-0.15, -0.1) is 0 Å². The van der Waals surface area contributed by atoms with Crippen molar-refractivity contribution in [2.75, 3.05) is 14.2 Å². The number of fused-ring (bicyclic) bond motifs is 4. The van der Waals surface area contributed by atoms with Gasteiger partial charge in [0.15, 0.2) is 17.3 Å². The standard InChI is InChI=1S/C24H17NO6/c1-29-19-11-17-18(12-20(19)30-2)23(13-7-9-14(10-8-13)25(27)28)31-24-16-6-4-3-5-15(16)22(26)21(17)24/h3-12,23H,1-2H3/t23-/m1/s1. The lowest BCUT2D eigenvalue weighted by Gasteiger charge is -2.29. The maximum absolute atomic E-state index is 13.2. The van der Waals surface area contributed by atoms with Gasteiger partial charge in [-0.3, -0.25) is 14.9 Å². The Hall–Kier alpha value is -4.13. The Morgan fingerprint density at radius 3 is 2.19 bits per heavy atom. The van der Waals surface area contributed by atoms with Gasteiger partial charge in [0, 0.05) is 34.4 Å². The third-order valence-corrected chi connectivity index (χ3v) is 5.62. The van der Waals surface area contributed by atoms with Gasteiger partial charge < -0.3 is 14.2 Å². The van der Waals surface area contributed by atoms with Crippen molar-refractivity contribution in [3.05, 3.63) is 98.6 Å². The molecule has 0 bridgehead atoms. The zero-order valence-corrected chi connectivity index (χ0v) is 16.7. The van der Waals surface area contributed by atoms with Crippen molar-refractivity contribution in [3.8, 4) is 11.5 Å². The molecule has 2 aliphatic rings. The lowest BCUT2D eigenvalue weighted by atomic mass is 9.88. The zero-order chi connectivity index (χ0) is 21.7. The molecule has 7 nitrogen and oxygen atoms in total. The molecule has 0 saturated heterocycles. The summed E-state index contributed by atoms with van der Waals surface area (Å²) in [5.74, 6) is 1.40. The maximum Gasteiger partial charge on any atom is 0.269 e. The van der Waals surface area contributed by atoms with E-state index in [0.29, 0.717) is 34.0 Å². The summed E-state index contributed by atoms with van der Waals surface area (Å²) < 4.78 is 17.3. The first-order chi connectivity index (χ1) is 15.0. The van der Waals surface area contributed by atoms with E-state index in [0.717, 1.165) is 16.7 Å². The molecule has 1 aliphatic carbocycles. The molecular weight excluding hydrogens is 398 g/mol. The van der Waals surface area contributed by atoms with E-state index in [1.807, 2.05) is 18.2 Å². The molecule has 3 aromatic carbocycles. The molecule has 0 aromatic heterocycles. The van der Waals surface area contributed by atoms with Crippen molar-refractivity contribution in [1.82, 2.24) is 0 Å². The van der Waals surface area contributed by atoms with Gasteiger partial charge >= 0.3 is 0 Å². The number of methoxy groups -OCH3 is 2. The van der Waals surface area contributed by atoms with Crippen molar-refractivity contribution in [3.63, 3.8) is 0 Å². The number of nitrogens with zero attached hydrogens (tertiary/aromatic N) is 1. The molecular formula is C24H17NO6. The molecule has 1 aliphatic heterocycles. The van der Waals surface area contributed by atoms with Crippen LogP contribution in [-0.4, -0.2) is 24.9 Å². The fourth-order valence-electron chi connectivity index (χ4n) is 4.15. The molecule has 0 unspecified atom stereocenters. The van der Waals surface area contributed by atoms with Crippen LogP contribution in [0.25, 0.3) is 11.3 Å². The number of allylic oxidation sites excluding steroid dienone is 1. The Bertz CT molecular complexity index is 1280. The zero-order valence-electron chi connectivity index (χ0n) is 16.7. The molecule has 7 heteroatoms. The molecule has 0 radical (unpaired) electrons. The summed E-state index contributed by atoms with van der Waals surface area (Å²) in [6, 6.07) is 17.1. The predicted octanol–water partition coefficient (Wildman–Crippen LogP) is 4.80. The van der Waals surface area contributed by atoms with Crippen molar-refractivity contribution in [2.24, 2.45) is 0 Å². The second-order valence-electron chi connectivity index (χ2n) is 7.22. The summed E-state index contributed by atoms with van der Waals surface area (Å²) in [6.07, 6.45) is -0.576. The SMILES string of the molecule is COc1cc2c(cc1OC)[C@@H](c1ccc([N+](=O)[O-])cc1)OC1=C2C(=O)c2ccccc21. The Kier molecular flexibility index (Phi) is 4.25. The van der Waals surface area contributed by atoms with Crippen molar-refractivity contribution < 1.29 is 23.9 Å². The van der Waals surface area contributed by atoms with Crippen molar-refractivity contribution in [2.45, 2.75) is 6.10 Å². The van der Waals surface area contributed by atoms with E-state index in [9.17, 15) is 14.9 Å². The molecule has 31 heavy (non-hydrogen) atoms. The van der Waals surface area contributed by atoms with E-state index in [2.05, 4.69) is 0 Å². The van der Waals surface area contributed by atoms with Crippen molar-refractivity contribution in [1.29, 1.82) is 0 Å². The summed E-state index contributed by atoms with van der Waals surface area (Å²) in [7, 11) is 3.08. The number of rotatable bonds is 4. The summed E-state index contributed by atoms with van der Waals surface area (Å²) >= 11 is 0. The smallest absolute Gasteiger partial charge is 0.269 e. The molecule has 1 atom stereocenters. The Balaban J connectivity index is 1.74. The van der Waals surface area contributed by atoms with Gasteiger partial charge in [-0.25, -0.2) is 0 Å². The summed E-state index contributed by atoms with van der Waals surface area (Å²) in [5.41, 5.74) is 3.94. The highest BCUT2D eigenvalue weighted by Crippen LogP contribution is 2.51. The van der Waals surface area contributed by atoms with Crippen LogP contribution >= 0.6 is 0 Å². The van der Waals surface area contributed by atoms with Gasteiger partial charge in [-0.2, -0.15) is 0 Å². The second-order valence-corrected chi connectivity index (χ2v) is 7.22. The van der Waals surface area contributed by atoms with E-state index >= 15 is 0 Å². The average Bonchev–Trinajstić information content (AvgIpc) is 3.09. The van der Waals surface area contributed by atoms with Crippen LogP contribution in [0.5, 0.6) is 11.5 Å². The minimum Gasteiger partial charge on any atom is -0.493 e. The van der Waals surface area contributed by atoms with E-state index in [-0.39, 0.29) is 11.5 Å². The number of non-ortho nitro benzene ring substituents is 1. The first-order valence-corrected chi connectivity index (χ1v) is 9.59. The minimum atomic E-state index is -0.576. The lowest BCUT2D eigenvalue weighted by molar-refractivity contribution is -0.384. The first kappa shape index (κ1) is 18.9. The molecule has 5 rings (SSSR count). The number of carbonyl (C=O) groups is 1. The highest BCUT2D eigenvalue weighted by molar-refractivity contribution is 6.39. The van der Waals surface area contributed by atoms with Gasteiger partial charge in [0.1, 0.15) is 11.9 Å². The van der Waals surface area contributed by atoms with E-state index < -0.39 is 11.0 Å². The Morgan fingerprint density at radius 1 is 0.903 bits per heavy atom. The molecule has 3 aromatic rings. The van der Waals surface area contributed by atoms with Gasteiger partial charge in [-0.1, -0.05) is 24.3 Å². The molecule has 0 saturated carbocycles. The second kappa shape index (κ2) is 6.98. The molecule has 1 heterocycles. The van der Waals surface area contributed by atoms with Gasteiger partial charge in [0.05, 0.1) is 24.7 Å². The Morgan fingerprint density at radius 2 is 1.55 bits per heavy atom. The predicted molar refractivity (Wildman–Crippen MR) is 113 cm³/mol. The monoisotopic (exact) mass is 415 g/mol. The largest absolute Gasteiger partial charge is 0.493 e. The molecule has 0 spiro atoms. The number of hydrogen-bond acceptors (Lipinski definition) is 6. The van der Waals surface area contributed by atoms with Crippen LogP contribution in [0.2, 0.25) is 0 Å². The van der Waals surface area contributed by atoms with E-state index in [4.69, 9.17) is 14.2 Å². The van der Waals surface area contributed by atoms with E-state index in [1.165, 1.54) is 26.4 Å². The van der Waals surface area contributed by atoms with Gasteiger partial charge in [-0.05, 0) is 29.8 Å². The fraction of sp³-hybridized carbons (Fsp3) is 0.125. The third kappa shape index (κ3) is 2.78. The number of Topliss-reactive ketones (excluding diaryl/α,β-unsaturated/α-hetero) is 1. The third-order valence-electron chi connectivity index (χ3n) is 5.62. The van der Waals surface area contributed by atoms with Crippen LogP contribution in [0.4, 0.5) is 5.69 Å². The average molecular weight is 415 g/mol. The number of ketones is 1. The topological polar surface area (TPSA) is 87.9 Å². The van der Waals surface area contributed by atoms with Crippen LogP contribution < -0.4 is 9.47 Å². The quantitative estimate of drug-likeness (QED) is 0.449. The fourth-order valence-corrected chi connectivity index (χ4v) is 4.15. The minimum absolute atomic E-state index is 0.00612. The molecule has 154 valence electrons. The number of hydrogen-bond donors (Lipinski definition) is 0. The highest BCUT2D eigenvalue weighted by Gasteiger charge is 2.40. The summed E-state index contributed by atoms with van der Waals surface area (Å²) in [6.45, 7) is 0. The van der Waals surface area contributed by atoms with Crippen LogP contribution in [-0.2, 0) is 4.74 Å². The molecule has 0 fully saturated rings. The lowest BCUT2D eigenvalue weighted by Crippen LogP contribution is -2.15. The van der Waals surface area contributed by atoms with E-state index in [1.54, 1.807) is 30.3 Å². The number of nitro benzene ring substituents is 1. The van der Waals surface area contributed by atoms with Crippen LogP contribution in [0.1, 0.15) is 38.7 Å². The van der Waals surface area contributed by atoms with Crippen molar-refractivity contribution >= 4 is 22.8 Å². The van der Waals surface area contributed by atoms with Crippen LogP contribution in [0.15, 0.2) is 60.7 Å². The number of benzene rings is 3. The van der Waals surface area contributed by atoms with Crippen LogP contribution in [0.3, 0.4) is 0 Å². The summed E-state index contributed by atoms with van der Waals surface area (Å²) in [4.78, 5) is 23.8. The number of nitro groups is 1. The molecule has 0 amide bonds. The highest BCUT2D eigenvalue weighted by atomic mass is 16.6. The van der Waals surface area contributed by atoms with Gasteiger partial charge in [0.2, 0.25) is 0 Å². The number of ether oxygens (including phenoxy) is 3. The van der Waals surface area contributed by atoms with Crippen LogP contribution in [0, 0.1) is 10.1 Å². The molecule has 0 N–H and O–H groups in total. The maximum atomic E-state index is 13.2. The Labute approximate surface area is 177 Å².